The van der Waals surface area contributed by atoms with E-state index in [2.05, 4.69) is 43.9 Å². The predicted molar refractivity (Wildman–Crippen MR) is 166 cm³/mol. The molecule has 1 unspecified atom stereocenters. The van der Waals surface area contributed by atoms with Gasteiger partial charge in [0.1, 0.15) is 5.60 Å². The number of alkyl carbamates (subject to hydrolysis) is 1. The van der Waals surface area contributed by atoms with Gasteiger partial charge >= 0.3 is 12.2 Å². The van der Waals surface area contributed by atoms with E-state index in [1.165, 1.54) is 7.11 Å². The molecule has 1 atom stereocenters. The number of pyridine rings is 1. The molecule has 0 aliphatic heterocycles. The van der Waals surface area contributed by atoms with Gasteiger partial charge in [0.15, 0.2) is 0 Å². The van der Waals surface area contributed by atoms with E-state index in [0.29, 0.717) is 24.6 Å². The summed E-state index contributed by atoms with van der Waals surface area (Å²) in [6, 6.07) is 19.3. The molecule has 0 spiro atoms. The van der Waals surface area contributed by atoms with Crippen molar-refractivity contribution in [1.29, 1.82) is 0 Å². The third kappa shape index (κ3) is 9.84. The van der Waals surface area contributed by atoms with E-state index >= 15 is 0 Å². The van der Waals surface area contributed by atoms with Crippen LogP contribution in [-0.4, -0.2) is 42.3 Å². The minimum absolute atomic E-state index is 0.0446. The summed E-state index contributed by atoms with van der Waals surface area (Å²) in [5.41, 5.74) is 3.98. The molecule has 9 nitrogen and oxygen atoms in total. The van der Waals surface area contributed by atoms with Gasteiger partial charge in [0, 0.05) is 36.1 Å². The monoisotopic (exact) mass is 586 g/mol. The Hall–Kier alpha value is -4.40. The number of amides is 3. The highest BCUT2D eigenvalue weighted by Crippen LogP contribution is 2.31. The standard InChI is InChI=1S/C34H42N4O5/c1-34(2,3)43-32(40)36-20-24-10-12-26(13-11-24)31(39)38-30(18-23-8-6-5-7-9-23)28-19-27(21-35-22-28)25-14-16-29(17-15-25)37-33(41)42-4/h5-9,14-17,19,21-22,24,26,30H,10-13,18,20H2,1-4H3,(H,36,40)(H,37,41)(H,38,39)/t24-,26-,30?. The van der Waals surface area contributed by atoms with Crippen LogP contribution in [-0.2, 0) is 20.7 Å². The molecule has 1 aliphatic rings. The summed E-state index contributed by atoms with van der Waals surface area (Å²) < 4.78 is 10.0. The molecule has 9 heteroatoms. The minimum atomic E-state index is -0.529. The van der Waals surface area contributed by atoms with Gasteiger partial charge in [-0.3, -0.25) is 15.1 Å². The maximum Gasteiger partial charge on any atom is 0.411 e. The van der Waals surface area contributed by atoms with Gasteiger partial charge in [-0.05, 0) is 93.7 Å². The second-order valence-electron chi connectivity index (χ2n) is 12.1. The molecule has 1 aliphatic carbocycles. The number of ether oxygens (including phenoxy) is 2. The Morgan fingerprint density at radius 2 is 1.60 bits per heavy atom. The van der Waals surface area contributed by atoms with Crippen molar-refractivity contribution >= 4 is 23.8 Å². The summed E-state index contributed by atoms with van der Waals surface area (Å²) in [6.07, 6.45) is 6.59. The molecule has 1 aromatic heterocycles. The summed E-state index contributed by atoms with van der Waals surface area (Å²) in [7, 11) is 1.32. The largest absolute Gasteiger partial charge is 0.453 e. The van der Waals surface area contributed by atoms with Crippen molar-refractivity contribution in [2.24, 2.45) is 11.8 Å². The average Bonchev–Trinajstić information content (AvgIpc) is 3.00. The Morgan fingerprint density at radius 1 is 0.907 bits per heavy atom. The van der Waals surface area contributed by atoms with Crippen LogP contribution in [0.2, 0.25) is 0 Å². The molecule has 228 valence electrons. The summed E-state index contributed by atoms with van der Waals surface area (Å²) in [6.45, 7) is 6.09. The SMILES string of the molecule is COC(=O)Nc1ccc(-c2cncc(C(Cc3ccccc3)NC(=O)[C@H]3CC[C@H](CNC(=O)OC(C)(C)C)CC3)c2)cc1. The second kappa shape index (κ2) is 14.7. The minimum Gasteiger partial charge on any atom is -0.453 e. The van der Waals surface area contributed by atoms with E-state index in [0.717, 1.165) is 47.9 Å². The number of methoxy groups -OCH3 is 1. The zero-order valence-electron chi connectivity index (χ0n) is 25.4. The van der Waals surface area contributed by atoms with Crippen LogP contribution in [0.5, 0.6) is 0 Å². The van der Waals surface area contributed by atoms with Gasteiger partial charge in [0.05, 0.1) is 13.2 Å². The van der Waals surface area contributed by atoms with Crippen LogP contribution in [0.15, 0.2) is 73.1 Å². The van der Waals surface area contributed by atoms with Crippen LogP contribution in [0, 0.1) is 11.8 Å². The molecule has 1 saturated carbocycles. The van der Waals surface area contributed by atoms with Crippen LogP contribution in [0.4, 0.5) is 15.3 Å². The van der Waals surface area contributed by atoms with Crippen molar-refractivity contribution in [3.63, 3.8) is 0 Å². The summed E-state index contributed by atoms with van der Waals surface area (Å²) >= 11 is 0. The van der Waals surface area contributed by atoms with E-state index in [9.17, 15) is 14.4 Å². The lowest BCUT2D eigenvalue weighted by molar-refractivity contribution is -0.127. The third-order valence-electron chi connectivity index (χ3n) is 7.56. The molecule has 0 radical (unpaired) electrons. The van der Waals surface area contributed by atoms with E-state index in [1.54, 1.807) is 6.20 Å². The molecular weight excluding hydrogens is 544 g/mol. The summed E-state index contributed by atoms with van der Waals surface area (Å²) in [5.74, 6) is 0.289. The van der Waals surface area contributed by atoms with Gasteiger partial charge in [-0.1, -0.05) is 42.5 Å². The van der Waals surface area contributed by atoms with Gasteiger partial charge < -0.3 is 20.1 Å². The molecule has 3 aromatic rings. The first-order chi connectivity index (χ1) is 20.6. The van der Waals surface area contributed by atoms with Crippen molar-refractivity contribution in [3.8, 4) is 11.1 Å². The smallest absolute Gasteiger partial charge is 0.411 e. The van der Waals surface area contributed by atoms with E-state index in [-0.39, 0.29) is 17.9 Å². The Morgan fingerprint density at radius 3 is 2.26 bits per heavy atom. The van der Waals surface area contributed by atoms with Crippen LogP contribution >= 0.6 is 0 Å². The molecule has 3 N–H and O–H groups in total. The maximum absolute atomic E-state index is 13.5. The molecule has 1 fully saturated rings. The molecular formula is C34H42N4O5. The van der Waals surface area contributed by atoms with E-state index < -0.39 is 17.8 Å². The number of benzene rings is 2. The fourth-order valence-corrected chi connectivity index (χ4v) is 5.28. The zero-order valence-corrected chi connectivity index (χ0v) is 25.4. The van der Waals surface area contributed by atoms with Crippen LogP contribution in [0.1, 0.15) is 63.6 Å². The topological polar surface area (TPSA) is 119 Å². The maximum atomic E-state index is 13.5. The fraction of sp³-hybridized carbons (Fsp3) is 0.412. The molecule has 0 bridgehead atoms. The number of aromatic nitrogens is 1. The first-order valence-corrected chi connectivity index (χ1v) is 14.8. The van der Waals surface area contributed by atoms with E-state index in [4.69, 9.17) is 4.74 Å². The number of nitrogens with one attached hydrogen (secondary N) is 3. The number of rotatable bonds is 9. The van der Waals surface area contributed by atoms with Crippen molar-refractivity contribution < 1.29 is 23.9 Å². The fourth-order valence-electron chi connectivity index (χ4n) is 5.28. The number of carbonyl (C=O) groups is 3. The number of carbonyl (C=O) groups excluding carboxylic acids is 3. The quantitative estimate of drug-likeness (QED) is 0.258. The molecule has 3 amide bonds. The number of nitrogens with zero attached hydrogens (tertiary/aromatic N) is 1. The molecule has 1 heterocycles. The highest BCUT2D eigenvalue weighted by Gasteiger charge is 2.29. The lowest BCUT2D eigenvalue weighted by Gasteiger charge is -2.30. The van der Waals surface area contributed by atoms with Crippen molar-refractivity contribution in [1.82, 2.24) is 15.6 Å². The molecule has 0 saturated heterocycles. The first kappa shape index (κ1) is 31.5. The Labute approximate surface area is 253 Å². The predicted octanol–water partition coefficient (Wildman–Crippen LogP) is 6.66. The number of hydrogen-bond donors (Lipinski definition) is 3. The molecule has 43 heavy (non-hydrogen) atoms. The lowest BCUT2D eigenvalue weighted by atomic mass is 9.81. The molecule has 2 aromatic carbocycles. The highest BCUT2D eigenvalue weighted by molar-refractivity contribution is 5.85. The molecule has 4 rings (SSSR count). The zero-order chi connectivity index (χ0) is 30.8. The summed E-state index contributed by atoms with van der Waals surface area (Å²) in [4.78, 5) is 41.6. The van der Waals surface area contributed by atoms with Gasteiger partial charge in [-0.25, -0.2) is 9.59 Å². The van der Waals surface area contributed by atoms with Crippen LogP contribution < -0.4 is 16.0 Å². The van der Waals surface area contributed by atoms with Gasteiger partial charge in [0.2, 0.25) is 5.91 Å². The second-order valence-corrected chi connectivity index (χ2v) is 12.1. The van der Waals surface area contributed by atoms with Crippen LogP contribution in [0.3, 0.4) is 0 Å². The highest BCUT2D eigenvalue weighted by atomic mass is 16.6. The van der Waals surface area contributed by atoms with Crippen molar-refractivity contribution in [2.75, 3.05) is 19.0 Å². The van der Waals surface area contributed by atoms with Crippen LogP contribution in [0.25, 0.3) is 11.1 Å². The van der Waals surface area contributed by atoms with Crippen molar-refractivity contribution in [2.45, 2.75) is 64.5 Å². The van der Waals surface area contributed by atoms with Gasteiger partial charge in [-0.15, -0.1) is 0 Å². The lowest BCUT2D eigenvalue weighted by Crippen LogP contribution is -2.39. The van der Waals surface area contributed by atoms with Gasteiger partial charge in [0.25, 0.3) is 0 Å². The first-order valence-electron chi connectivity index (χ1n) is 14.8. The summed E-state index contributed by atoms with van der Waals surface area (Å²) in [5, 5.41) is 8.86. The Kier molecular flexibility index (Phi) is 10.8. The Bertz CT molecular complexity index is 1360. The van der Waals surface area contributed by atoms with Gasteiger partial charge in [-0.2, -0.15) is 0 Å². The van der Waals surface area contributed by atoms with Crippen molar-refractivity contribution in [3.05, 3.63) is 84.2 Å². The Balaban J connectivity index is 1.42. The van der Waals surface area contributed by atoms with E-state index in [1.807, 2.05) is 69.4 Å². The number of anilines is 1. The average molecular weight is 587 g/mol. The number of hydrogen-bond acceptors (Lipinski definition) is 6. The third-order valence-corrected chi connectivity index (χ3v) is 7.56. The normalized spacial score (nSPS) is 17.3.